The van der Waals surface area contributed by atoms with Crippen molar-refractivity contribution in [1.29, 1.82) is 0 Å². The van der Waals surface area contributed by atoms with Gasteiger partial charge in [-0.1, -0.05) is 6.92 Å². The molecule has 1 amide bonds. The number of nitrogens with one attached hydrogen (secondary N) is 1. The average Bonchev–Trinajstić information content (AvgIpc) is 2.96. The lowest BCUT2D eigenvalue weighted by atomic mass is 10.0. The third-order valence-electron chi connectivity index (χ3n) is 3.90. The van der Waals surface area contributed by atoms with Gasteiger partial charge in [-0.05, 0) is 13.3 Å². The van der Waals surface area contributed by atoms with Gasteiger partial charge in [-0.3, -0.25) is 9.69 Å². The topological polar surface area (TPSA) is 77.1 Å². The number of anilines is 2. The van der Waals surface area contributed by atoms with Crippen LogP contribution in [-0.4, -0.2) is 37.9 Å². The minimum atomic E-state index is -0.666. The van der Waals surface area contributed by atoms with Gasteiger partial charge in [0.1, 0.15) is 12.1 Å². The Morgan fingerprint density at radius 2 is 2.14 bits per heavy atom. The number of ether oxygens (including phenoxy) is 3. The molecule has 7 nitrogen and oxygen atoms in total. The number of nitrogens with zero attached hydrogens (tertiary/aromatic N) is 1. The highest BCUT2D eigenvalue weighted by atomic mass is 16.7. The predicted octanol–water partition coefficient (Wildman–Crippen LogP) is 1.51. The van der Waals surface area contributed by atoms with Gasteiger partial charge in [0.15, 0.2) is 11.5 Å². The van der Waals surface area contributed by atoms with E-state index in [1.54, 1.807) is 19.1 Å². The average molecular weight is 306 g/mol. The van der Waals surface area contributed by atoms with Crippen LogP contribution in [0.2, 0.25) is 0 Å². The molecule has 1 aromatic rings. The van der Waals surface area contributed by atoms with E-state index < -0.39 is 18.1 Å². The molecule has 0 aliphatic carbocycles. The molecule has 0 fully saturated rings. The van der Waals surface area contributed by atoms with Crippen LogP contribution in [0.1, 0.15) is 20.3 Å². The van der Waals surface area contributed by atoms with E-state index in [-0.39, 0.29) is 12.7 Å². The third kappa shape index (κ3) is 2.13. The summed E-state index contributed by atoms with van der Waals surface area (Å²) >= 11 is 0. The number of methoxy groups -OCH3 is 1. The predicted molar refractivity (Wildman–Crippen MR) is 79.2 cm³/mol. The van der Waals surface area contributed by atoms with Crippen LogP contribution in [0, 0.1) is 0 Å². The maximum atomic E-state index is 12.6. The van der Waals surface area contributed by atoms with Crippen LogP contribution in [0.15, 0.2) is 12.1 Å². The van der Waals surface area contributed by atoms with Gasteiger partial charge in [-0.2, -0.15) is 0 Å². The van der Waals surface area contributed by atoms with Crippen LogP contribution in [0.3, 0.4) is 0 Å². The number of hydrogen-bond acceptors (Lipinski definition) is 6. The number of esters is 1. The smallest absolute Gasteiger partial charge is 0.328 e. The molecule has 0 radical (unpaired) electrons. The SMILES string of the molecule is CCC(C(=O)OC)N1C(=O)C(C)Nc2cc3c(cc21)OCO3. The van der Waals surface area contributed by atoms with Gasteiger partial charge >= 0.3 is 5.97 Å². The summed E-state index contributed by atoms with van der Waals surface area (Å²) in [6, 6.07) is 2.41. The molecule has 0 spiro atoms. The Morgan fingerprint density at radius 1 is 1.45 bits per heavy atom. The Hall–Kier alpha value is -2.44. The van der Waals surface area contributed by atoms with E-state index in [1.165, 1.54) is 12.0 Å². The minimum absolute atomic E-state index is 0.149. The van der Waals surface area contributed by atoms with Crippen LogP contribution in [0.5, 0.6) is 11.5 Å². The largest absolute Gasteiger partial charge is 0.467 e. The molecule has 0 saturated carbocycles. The van der Waals surface area contributed by atoms with Crippen molar-refractivity contribution in [2.45, 2.75) is 32.4 Å². The van der Waals surface area contributed by atoms with E-state index in [0.717, 1.165) is 5.69 Å². The Balaban J connectivity index is 2.10. The molecular weight excluding hydrogens is 288 g/mol. The van der Waals surface area contributed by atoms with Gasteiger partial charge in [0.25, 0.3) is 0 Å². The first kappa shape index (κ1) is 14.5. The first-order valence-corrected chi connectivity index (χ1v) is 7.18. The lowest BCUT2D eigenvalue weighted by molar-refractivity contribution is -0.143. The molecule has 118 valence electrons. The number of carbonyl (C=O) groups excluding carboxylic acids is 2. The monoisotopic (exact) mass is 306 g/mol. The molecule has 2 atom stereocenters. The summed E-state index contributed by atoms with van der Waals surface area (Å²) in [4.78, 5) is 26.1. The van der Waals surface area contributed by atoms with E-state index in [4.69, 9.17) is 14.2 Å². The van der Waals surface area contributed by atoms with Crippen molar-refractivity contribution >= 4 is 23.3 Å². The quantitative estimate of drug-likeness (QED) is 0.853. The van der Waals surface area contributed by atoms with Crippen molar-refractivity contribution in [2.24, 2.45) is 0 Å². The van der Waals surface area contributed by atoms with Gasteiger partial charge in [-0.15, -0.1) is 0 Å². The Morgan fingerprint density at radius 3 is 2.77 bits per heavy atom. The second-order valence-electron chi connectivity index (χ2n) is 5.24. The molecule has 2 aliphatic rings. The summed E-state index contributed by atoms with van der Waals surface area (Å²) in [5.74, 6) is 0.573. The standard InChI is InChI=1S/C15H18N2O5/c1-4-10(15(19)20-3)17-11-6-13-12(21-7-22-13)5-9(11)16-8(2)14(17)18/h5-6,8,10,16H,4,7H2,1-3H3. The molecule has 1 aromatic carbocycles. The molecule has 22 heavy (non-hydrogen) atoms. The van der Waals surface area contributed by atoms with E-state index in [2.05, 4.69) is 5.32 Å². The van der Waals surface area contributed by atoms with Crippen LogP contribution >= 0.6 is 0 Å². The van der Waals surface area contributed by atoms with Crippen LogP contribution in [-0.2, 0) is 14.3 Å². The maximum absolute atomic E-state index is 12.6. The molecule has 2 heterocycles. The zero-order valence-corrected chi connectivity index (χ0v) is 12.7. The molecule has 2 unspecified atom stereocenters. The molecule has 0 saturated heterocycles. The summed E-state index contributed by atoms with van der Waals surface area (Å²) in [5, 5.41) is 3.13. The first-order valence-electron chi connectivity index (χ1n) is 7.18. The summed E-state index contributed by atoms with van der Waals surface area (Å²) in [6.45, 7) is 3.75. The fourth-order valence-corrected chi connectivity index (χ4v) is 2.78. The Labute approximate surface area is 128 Å². The van der Waals surface area contributed by atoms with Gasteiger partial charge in [0.2, 0.25) is 12.7 Å². The summed E-state index contributed by atoms with van der Waals surface area (Å²) < 4.78 is 15.6. The van der Waals surface area contributed by atoms with Crippen molar-refractivity contribution in [3.8, 4) is 11.5 Å². The lowest BCUT2D eigenvalue weighted by Crippen LogP contribution is -2.53. The maximum Gasteiger partial charge on any atom is 0.328 e. The summed E-state index contributed by atoms with van der Waals surface area (Å²) in [5.41, 5.74) is 1.34. The van der Waals surface area contributed by atoms with Crippen LogP contribution in [0.4, 0.5) is 11.4 Å². The zero-order chi connectivity index (χ0) is 15.9. The molecular formula is C15H18N2O5. The number of carbonyl (C=O) groups is 2. The van der Waals surface area contributed by atoms with Gasteiger partial charge in [0, 0.05) is 12.1 Å². The normalized spacial score (nSPS) is 20.2. The fourth-order valence-electron chi connectivity index (χ4n) is 2.78. The highest BCUT2D eigenvalue weighted by Crippen LogP contribution is 2.44. The Bertz CT molecular complexity index is 631. The van der Waals surface area contributed by atoms with E-state index >= 15 is 0 Å². The molecule has 2 aliphatic heterocycles. The lowest BCUT2D eigenvalue weighted by Gasteiger charge is -2.37. The van der Waals surface area contributed by atoms with Crippen LogP contribution in [0.25, 0.3) is 0 Å². The fraction of sp³-hybridized carbons (Fsp3) is 0.467. The van der Waals surface area contributed by atoms with Crippen molar-refractivity contribution in [1.82, 2.24) is 0 Å². The molecule has 1 N–H and O–H groups in total. The Kier molecular flexibility index (Phi) is 3.56. The highest BCUT2D eigenvalue weighted by Gasteiger charge is 2.39. The van der Waals surface area contributed by atoms with E-state index in [9.17, 15) is 9.59 Å². The third-order valence-corrected chi connectivity index (χ3v) is 3.90. The highest BCUT2D eigenvalue weighted by molar-refractivity contribution is 6.08. The van der Waals surface area contributed by atoms with Gasteiger partial charge in [-0.25, -0.2) is 4.79 Å². The van der Waals surface area contributed by atoms with Gasteiger partial charge in [0.05, 0.1) is 18.5 Å². The van der Waals surface area contributed by atoms with Crippen molar-refractivity contribution in [3.63, 3.8) is 0 Å². The van der Waals surface area contributed by atoms with Crippen molar-refractivity contribution in [3.05, 3.63) is 12.1 Å². The minimum Gasteiger partial charge on any atom is -0.467 e. The molecule has 3 rings (SSSR count). The molecule has 0 aromatic heterocycles. The number of hydrogen-bond donors (Lipinski definition) is 1. The summed E-state index contributed by atoms with van der Waals surface area (Å²) in [7, 11) is 1.32. The first-order chi connectivity index (χ1) is 10.6. The molecule has 7 heteroatoms. The van der Waals surface area contributed by atoms with Crippen LogP contribution < -0.4 is 19.7 Å². The van der Waals surface area contributed by atoms with Crippen molar-refractivity contribution < 1.29 is 23.8 Å². The summed E-state index contributed by atoms with van der Waals surface area (Å²) in [6.07, 6.45) is 0.457. The second-order valence-corrected chi connectivity index (χ2v) is 5.24. The van der Waals surface area contributed by atoms with E-state index in [0.29, 0.717) is 23.6 Å². The number of fused-ring (bicyclic) bond motifs is 2. The number of rotatable bonds is 3. The molecule has 0 bridgehead atoms. The zero-order valence-electron chi connectivity index (χ0n) is 12.7. The number of amides is 1. The van der Waals surface area contributed by atoms with Gasteiger partial charge < -0.3 is 19.5 Å². The second kappa shape index (κ2) is 5.40. The van der Waals surface area contributed by atoms with Crippen molar-refractivity contribution in [2.75, 3.05) is 24.1 Å². The number of benzene rings is 1. The van der Waals surface area contributed by atoms with E-state index in [1.807, 2.05) is 6.92 Å².